The molecule has 0 amide bonds. The van der Waals surface area contributed by atoms with Crippen molar-refractivity contribution >= 4 is 16.2 Å². The average Bonchev–Trinajstić information content (AvgIpc) is 2.57. The largest absolute Gasteiger partial charge is 0.494 e. The molecule has 1 N–H and O–H groups in total. The number of aryl methyl sites for hydroxylation is 2. The van der Waals surface area contributed by atoms with Crippen LogP contribution in [0.15, 0.2) is 46.4 Å². The first-order chi connectivity index (χ1) is 12.4. The number of nitrogens with one attached hydrogen (secondary N) is 1. The van der Waals surface area contributed by atoms with Gasteiger partial charge in [0.15, 0.2) is 0 Å². The Bertz CT molecular complexity index is 892. The van der Waals surface area contributed by atoms with Crippen LogP contribution in [0, 0.1) is 13.8 Å². The van der Waals surface area contributed by atoms with E-state index >= 15 is 0 Å². The second-order valence-corrected chi connectivity index (χ2v) is 7.32. The summed E-state index contributed by atoms with van der Waals surface area (Å²) < 4.78 is 35.9. The van der Waals surface area contributed by atoms with E-state index in [9.17, 15) is 8.42 Å². The van der Waals surface area contributed by atoms with Gasteiger partial charge in [-0.15, -0.1) is 0 Å². The zero-order valence-corrected chi connectivity index (χ0v) is 16.3. The van der Waals surface area contributed by atoms with Gasteiger partial charge in [-0.25, -0.2) is 4.83 Å². The minimum Gasteiger partial charge on any atom is -0.494 e. The lowest BCUT2D eigenvalue weighted by Crippen LogP contribution is -2.19. The first-order valence-corrected chi connectivity index (χ1v) is 9.87. The molecule has 0 fully saturated rings. The van der Waals surface area contributed by atoms with Gasteiger partial charge in [-0.05, 0) is 51.5 Å². The summed E-state index contributed by atoms with van der Waals surface area (Å²) in [6.07, 6.45) is 1.42. The van der Waals surface area contributed by atoms with Gasteiger partial charge >= 0.3 is 0 Å². The number of hydrogen-bond donors (Lipinski definition) is 1. The molecule has 0 radical (unpaired) electrons. The van der Waals surface area contributed by atoms with E-state index in [4.69, 9.17) is 9.47 Å². The fraction of sp³-hybridized carbons (Fsp3) is 0.316. The van der Waals surface area contributed by atoms with Crippen LogP contribution in [0.5, 0.6) is 11.5 Å². The number of benzene rings is 2. The molecule has 2 rings (SSSR count). The number of hydrogen-bond acceptors (Lipinski definition) is 5. The molecule has 0 heterocycles. The van der Waals surface area contributed by atoms with Crippen molar-refractivity contribution in [2.24, 2.45) is 5.10 Å². The summed E-state index contributed by atoms with van der Waals surface area (Å²) in [4.78, 5) is 2.45. The molecule has 2 aromatic rings. The van der Waals surface area contributed by atoms with Crippen molar-refractivity contribution in [1.82, 2.24) is 4.83 Å². The Morgan fingerprint density at radius 3 is 2.42 bits per heavy atom. The Morgan fingerprint density at radius 2 is 1.77 bits per heavy atom. The maximum Gasteiger partial charge on any atom is 0.276 e. The van der Waals surface area contributed by atoms with Crippen molar-refractivity contribution in [1.29, 1.82) is 0 Å². The van der Waals surface area contributed by atoms with Crippen molar-refractivity contribution in [3.8, 4) is 11.5 Å². The lowest BCUT2D eigenvalue weighted by molar-refractivity contribution is 0.323. The SMILES string of the molecule is CCOc1ccc(/C=N/NS(=O)(=O)c2ccc(C)cc2C)c(OCC)c1. The third-order valence-corrected chi connectivity index (χ3v) is 4.98. The standard InChI is InChI=1S/C19H24N2O4S/c1-5-24-17-9-8-16(18(12-17)25-6-2)13-20-21-26(22,23)19-10-7-14(3)11-15(19)4/h7-13,21H,5-6H2,1-4H3/b20-13+. The van der Waals surface area contributed by atoms with Crippen LogP contribution in [-0.4, -0.2) is 27.8 Å². The normalized spacial score (nSPS) is 11.5. The van der Waals surface area contributed by atoms with Gasteiger partial charge in [0.25, 0.3) is 10.0 Å². The zero-order valence-electron chi connectivity index (χ0n) is 15.4. The minimum absolute atomic E-state index is 0.206. The summed E-state index contributed by atoms with van der Waals surface area (Å²) in [7, 11) is -3.73. The van der Waals surface area contributed by atoms with Crippen molar-refractivity contribution in [2.75, 3.05) is 13.2 Å². The molecule has 0 saturated carbocycles. The van der Waals surface area contributed by atoms with E-state index in [0.717, 1.165) is 5.56 Å². The highest BCUT2D eigenvalue weighted by Crippen LogP contribution is 2.24. The molecule has 0 bridgehead atoms. The molecule has 140 valence electrons. The predicted octanol–water partition coefficient (Wildman–Crippen LogP) is 3.41. The van der Waals surface area contributed by atoms with E-state index in [-0.39, 0.29) is 4.90 Å². The lowest BCUT2D eigenvalue weighted by atomic mass is 10.2. The number of ether oxygens (including phenoxy) is 2. The van der Waals surface area contributed by atoms with Crippen LogP contribution in [0.4, 0.5) is 0 Å². The summed E-state index contributed by atoms with van der Waals surface area (Å²) in [5.41, 5.74) is 2.32. The van der Waals surface area contributed by atoms with Gasteiger partial charge in [-0.1, -0.05) is 17.7 Å². The monoisotopic (exact) mass is 376 g/mol. The molecule has 0 aliphatic carbocycles. The van der Waals surface area contributed by atoms with E-state index < -0.39 is 10.0 Å². The number of rotatable bonds is 8. The van der Waals surface area contributed by atoms with E-state index in [1.54, 1.807) is 37.3 Å². The smallest absolute Gasteiger partial charge is 0.276 e. The molecule has 0 aromatic heterocycles. The molecule has 26 heavy (non-hydrogen) atoms. The van der Waals surface area contributed by atoms with Gasteiger partial charge in [-0.3, -0.25) is 0 Å². The molecule has 6 nitrogen and oxygen atoms in total. The second kappa shape index (κ2) is 8.71. The summed E-state index contributed by atoms with van der Waals surface area (Å²) in [6, 6.07) is 10.5. The highest BCUT2D eigenvalue weighted by molar-refractivity contribution is 7.89. The molecule has 0 spiro atoms. The third-order valence-electron chi connectivity index (χ3n) is 3.59. The molecule has 0 atom stereocenters. The van der Waals surface area contributed by atoms with E-state index in [0.29, 0.717) is 35.8 Å². The maximum absolute atomic E-state index is 12.4. The molecular weight excluding hydrogens is 352 g/mol. The van der Waals surface area contributed by atoms with Crippen LogP contribution in [0.25, 0.3) is 0 Å². The molecule has 0 aliphatic heterocycles. The summed E-state index contributed by atoms with van der Waals surface area (Å²) >= 11 is 0. The molecule has 0 unspecified atom stereocenters. The van der Waals surface area contributed by atoms with Crippen molar-refractivity contribution in [3.63, 3.8) is 0 Å². The number of nitrogens with zero attached hydrogens (tertiary/aromatic N) is 1. The Morgan fingerprint density at radius 1 is 1.04 bits per heavy atom. The quantitative estimate of drug-likeness (QED) is 0.566. The van der Waals surface area contributed by atoms with Gasteiger partial charge in [0.1, 0.15) is 11.5 Å². The van der Waals surface area contributed by atoms with Gasteiger partial charge in [0.2, 0.25) is 0 Å². The van der Waals surface area contributed by atoms with Crippen molar-refractivity contribution < 1.29 is 17.9 Å². The fourth-order valence-electron chi connectivity index (χ4n) is 2.47. The highest BCUT2D eigenvalue weighted by Gasteiger charge is 2.15. The summed E-state index contributed by atoms with van der Waals surface area (Å²) in [6.45, 7) is 8.47. The Labute approximate surface area is 154 Å². The Kier molecular flexibility index (Phi) is 6.63. The zero-order chi connectivity index (χ0) is 19.2. The van der Waals surface area contributed by atoms with Crippen molar-refractivity contribution in [2.45, 2.75) is 32.6 Å². The van der Waals surface area contributed by atoms with Gasteiger partial charge in [-0.2, -0.15) is 13.5 Å². The van der Waals surface area contributed by atoms with E-state index in [2.05, 4.69) is 9.93 Å². The lowest BCUT2D eigenvalue weighted by Gasteiger charge is -2.10. The fourth-order valence-corrected chi connectivity index (χ4v) is 3.49. The highest BCUT2D eigenvalue weighted by atomic mass is 32.2. The van der Waals surface area contributed by atoms with Crippen molar-refractivity contribution in [3.05, 3.63) is 53.1 Å². The van der Waals surface area contributed by atoms with E-state index in [1.807, 2.05) is 26.8 Å². The topological polar surface area (TPSA) is 77.0 Å². The van der Waals surface area contributed by atoms with Crippen LogP contribution in [0.3, 0.4) is 0 Å². The second-order valence-electron chi connectivity index (χ2n) is 5.69. The molecule has 0 aliphatic rings. The predicted molar refractivity (Wildman–Crippen MR) is 103 cm³/mol. The van der Waals surface area contributed by atoms with Crippen LogP contribution < -0.4 is 14.3 Å². The molecule has 2 aromatic carbocycles. The summed E-state index contributed by atoms with van der Waals surface area (Å²) in [5, 5.41) is 3.89. The Hall–Kier alpha value is -2.54. The first kappa shape index (κ1) is 19.8. The molecular formula is C19H24N2O4S. The van der Waals surface area contributed by atoms with E-state index in [1.165, 1.54) is 6.21 Å². The van der Waals surface area contributed by atoms with Crippen LogP contribution in [0.1, 0.15) is 30.5 Å². The number of sulfonamides is 1. The van der Waals surface area contributed by atoms with Crippen LogP contribution in [-0.2, 0) is 10.0 Å². The van der Waals surface area contributed by atoms with Gasteiger partial charge in [0, 0.05) is 11.6 Å². The Balaban J connectivity index is 2.21. The average molecular weight is 376 g/mol. The third kappa shape index (κ3) is 4.98. The number of hydrazone groups is 1. The molecule has 0 saturated heterocycles. The van der Waals surface area contributed by atoms with Crippen LogP contribution >= 0.6 is 0 Å². The summed E-state index contributed by atoms with van der Waals surface area (Å²) in [5.74, 6) is 1.26. The van der Waals surface area contributed by atoms with Crippen LogP contribution in [0.2, 0.25) is 0 Å². The molecule has 7 heteroatoms. The maximum atomic E-state index is 12.4. The minimum atomic E-state index is -3.73. The van der Waals surface area contributed by atoms with Gasteiger partial charge < -0.3 is 9.47 Å². The van der Waals surface area contributed by atoms with Gasteiger partial charge in [0.05, 0.1) is 24.3 Å². The first-order valence-electron chi connectivity index (χ1n) is 8.39.